The zero-order chi connectivity index (χ0) is 23.4. The third-order valence-corrected chi connectivity index (χ3v) is 6.64. The number of amides is 1. The predicted molar refractivity (Wildman–Crippen MR) is 124 cm³/mol. The lowest BCUT2D eigenvalue weighted by Gasteiger charge is -2.19. The summed E-state index contributed by atoms with van der Waals surface area (Å²) >= 11 is 0. The molecule has 2 aromatic carbocycles. The highest BCUT2D eigenvalue weighted by molar-refractivity contribution is 7.90. The first-order valence-corrected chi connectivity index (χ1v) is 11.9. The maximum atomic E-state index is 13.2. The van der Waals surface area contributed by atoms with E-state index in [0.717, 1.165) is 0 Å². The number of hydrogen-bond acceptors (Lipinski definition) is 7. The van der Waals surface area contributed by atoms with Gasteiger partial charge in [0.15, 0.2) is 0 Å². The summed E-state index contributed by atoms with van der Waals surface area (Å²) in [5.74, 6) is 0.505. The number of benzene rings is 2. The van der Waals surface area contributed by atoms with Gasteiger partial charge in [-0.3, -0.25) is 19.5 Å². The Labute approximate surface area is 192 Å². The highest BCUT2D eigenvalue weighted by atomic mass is 32.2. The minimum atomic E-state index is -3.69. The zero-order valence-corrected chi connectivity index (χ0v) is 18.9. The van der Waals surface area contributed by atoms with Crippen molar-refractivity contribution < 1.29 is 17.9 Å². The van der Waals surface area contributed by atoms with E-state index >= 15 is 0 Å². The molecule has 0 saturated heterocycles. The molecule has 1 aromatic heterocycles. The molecule has 33 heavy (non-hydrogen) atoms. The van der Waals surface area contributed by atoms with Crippen LogP contribution in [-0.4, -0.2) is 36.2 Å². The van der Waals surface area contributed by atoms with Crippen LogP contribution in [-0.2, 0) is 14.8 Å². The molecule has 0 bridgehead atoms. The molecule has 0 unspecified atom stereocenters. The summed E-state index contributed by atoms with van der Waals surface area (Å²) in [6.07, 6.45) is 5.23. The van der Waals surface area contributed by atoms with Gasteiger partial charge in [-0.2, -0.15) is 0 Å². The average molecular weight is 466 g/mol. The monoisotopic (exact) mass is 465 g/mol. The number of ether oxygens (including phenoxy) is 1. The maximum Gasteiger partial charge on any atom is 0.263 e. The summed E-state index contributed by atoms with van der Waals surface area (Å²) in [6.45, 7) is 3.85. The molecule has 0 aliphatic carbocycles. The van der Waals surface area contributed by atoms with Crippen LogP contribution in [0.1, 0.15) is 25.8 Å². The van der Waals surface area contributed by atoms with E-state index in [1.54, 1.807) is 48.7 Å². The van der Waals surface area contributed by atoms with E-state index in [0.29, 0.717) is 29.3 Å². The van der Waals surface area contributed by atoms with E-state index in [9.17, 15) is 13.2 Å². The largest absolute Gasteiger partial charge is 0.437 e. The number of carbonyl (C=O) groups is 1. The lowest BCUT2D eigenvalue weighted by atomic mass is 9.98. The van der Waals surface area contributed by atoms with Gasteiger partial charge in [0.05, 0.1) is 11.1 Å². The summed E-state index contributed by atoms with van der Waals surface area (Å²) in [5, 5.41) is 2.86. The van der Waals surface area contributed by atoms with Crippen LogP contribution in [0.5, 0.6) is 11.6 Å². The first-order chi connectivity index (χ1) is 15.9. The number of nitrogens with zero attached hydrogens (tertiary/aromatic N) is 3. The molecule has 2 heterocycles. The molecule has 1 amide bonds. The highest BCUT2D eigenvalue weighted by Gasteiger charge is 2.33. The first-order valence-electron chi connectivity index (χ1n) is 10.4. The first kappa shape index (κ1) is 22.4. The third-order valence-electron chi connectivity index (χ3n) is 5.25. The minimum absolute atomic E-state index is 0.131. The van der Waals surface area contributed by atoms with E-state index in [1.807, 2.05) is 13.8 Å². The van der Waals surface area contributed by atoms with Gasteiger partial charge in [-0.25, -0.2) is 13.4 Å². The molecule has 1 aliphatic heterocycles. The Balaban J connectivity index is 1.58. The number of fused-ring (bicyclic) bond motifs is 1. The molecule has 0 saturated carbocycles. The molecule has 0 spiro atoms. The van der Waals surface area contributed by atoms with Gasteiger partial charge in [-0.15, -0.1) is 0 Å². The van der Waals surface area contributed by atoms with Gasteiger partial charge in [0.2, 0.25) is 11.8 Å². The lowest BCUT2D eigenvalue weighted by Crippen LogP contribution is -2.34. The molecular weight excluding hydrogens is 442 g/mol. The standard InChI is InChI=1S/C23H23N5O4S/c1-3-15(2)21(27-22-18-9-4-5-10-19(18)33(30,31)28-22)23(29)26-16-7-6-8-17(13-16)32-20-14-24-11-12-25-20/h4-15,21H,3H2,1-2H3,(H,26,29)(H,27,28)/t15-,21-/m0/s1. The van der Waals surface area contributed by atoms with E-state index < -0.39 is 16.1 Å². The van der Waals surface area contributed by atoms with Crippen molar-refractivity contribution in [2.45, 2.75) is 31.2 Å². The molecule has 9 nitrogen and oxygen atoms in total. The summed E-state index contributed by atoms with van der Waals surface area (Å²) in [6, 6.07) is 12.6. The molecule has 3 aromatic rings. The van der Waals surface area contributed by atoms with Crippen LogP contribution >= 0.6 is 0 Å². The Kier molecular flexibility index (Phi) is 6.36. The fourth-order valence-corrected chi connectivity index (χ4v) is 4.59. The smallest absolute Gasteiger partial charge is 0.263 e. The van der Waals surface area contributed by atoms with Crippen molar-refractivity contribution in [1.82, 2.24) is 14.7 Å². The predicted octanol–water partition coefficient (Wildman–Crippen LogP) is 3.36. The normalized spacial score (nSPS) is 17.0. The van der Waals surface area contributed by atoms with Crippen molar-refractivity contribution in [3.8, 4) is 11.6 Å². The summed E-state index contributed by atoms with van der Waals surface area (Å²) in [4.78, 5) is 25.9. The third kappa shape index (κ3) is 5.01. The van der Waals surface area contributed by atoms with Crippen LogP contribution in [0.15, 0.2) is 77.0 Å². The van der Waals surface area contributed by atoms with Crippen molar-refractivity contribution in [3.63, 3.8) is 0 Å². The van der Waals surface area contributed by atoms with Gasteiger partial charge in [-0.05, 0) is 30.2 Å². The summed E-state index contributed by atoms with van der Waals surface area (Å²) in [7, 11) is -3.69. The van der Waals surface area contributed by atoms with Gasteiger partial charge < -0.3 is 10.1 Å². The Bertz CT molecular complexity index is 1290. The highest BCUT2D eigenvalue weighted by Crippen LogP contribution is 2.26. The number of rotatable bonds is 7. The van der Waals surface area contributed by atoms with E-state index in [2.05, 4.69) is 25.0 Å². The maximum absolute atomic E-state index is 13.2. The Morgan fingerprint density at radius 3 is 2.76 bits per heavy atom. The van der Waals surface area contributed by atoms with E-state index in [4.69, 9.17) is 4.74 Å². The zero-order valence-electron chi connectivity index (χ0n) is 18.1. The molecule has 2 atom stereocenters. The number of hydrogen-bond donors (Lipinski definition) is 2. The number of nitrogens with one attached hydrogen (secondary N) is 2. The molecule has 0 radical (unpaired) electrons. The second-order valence-corrected chi connectivity index (χ2v) is 9.22. The van der Waals surface area contributed by atoms with Gasteiger partial charge in [-0.1, -0.05) is 38.5 Å². The number of carbonyl (C=O) groups excluding carboxylic acids is 1. The van der Waals surface area contributed by atoms with Crippen LogP contribution < -0.4 is 14.8 Å². The van der Waals surface area contributed by atoms with E-state index in [-0.39, 0.29) is 22.6 Å². The van der Waals surface area contributed by atoms with Gasteiger partial charge in [0.25, 0.3) is 10.0 Å². The van der Waals surface area contributed by atoms with Crippen molar-refractivity contribution in [1.29, 1.82) is 0 Å². The number of amidine groups is 1. The second-order valence-electron chi connectivity index (χ2n) is 7.57. The van der Waals surface area contributed by atoms with Crippen LogP contribution in [0, 0.1) is 5.92 Å². The van der Waals surface area contributed by atoms with Gasteiger partial charge >= 0.3 is 0 Å². The van der Waals surface area contributed by atoms with Gasteiger partial charge in [0.1, 0.15) is 17.6 Å². The Morgan fingerprint density at radius 1 is 1.18 bits per heavy atom. The van der Waals surface area contributed by atoms with Gasteiger partial charge in [0, 0.05) is 29.7 Å². The summed E-state index contributed by atoms with van der Waals surface area (Å²) < 4.78 is 33.0. The van der Waals surface area contributed by atoms with Crippen molar-refractivity contribution in [2.24, 2.45) is 10.9 Å². The fraction of sp³-hybridized carbons (Fsp3) is 0.217. The van der Waals surface area contributed by atoms with Crippen LogP contribution in [0.3, 0.4) is 0 Å². The van der Waals surface area contributed by atoms with Crippen LogP contribution in [0.25, 0.3) is 0 Å². The Hall–Kier alpha value is -3.79. The number of sulfonamides is 1. The quantitative estimate of drug-likeness (QED) is 0.552. The molecule has 2 N–H and O–H groups in total. The van der Waals surface area contributed by atoms with Crippen LogP contribution in [0.4, 0.5) is 5.69 Å². The van der Waals surface area contributed by atoms with Crippen molar-refractivity contribution >= 4 is 27.5 Å². The second kappa shape index (κ2) is 9.37. The topological polar surface area (TPSA) is 123 Å². The molecule has 0 fully saturated rings. The summed E-state index contributed by atoms with van der Waals surface area (Å²) in [5.41, 5.74) is 0.972. The van der Waals surface area contributed by atoms with Crippen molar-refractivity contribution in [3.05, 3.63) is 72.7 Å². The van der Waals surface area contributed by atoms with E-state index in [1.165, 1.54) is 18.5 Å². The lowest BCUT2D eigenvalue weighted by molar-refractivity contribution is -0.118. The number of aliphatic imine (C=N–C) groups is 1. The fourth-order valence-electron chi connectivity index (χ4n) is 3.35. The van der Waals surface area contributed by atoms with Crippen LogP contribution in [0.2, 0.25) is 0 Å². The average Bonchev–Trinajstić information content (AvgIpc) is 3.08. The molecule has 4 rings (SSSR count). The molecular formula is C23H23N5O4S. The van der Waals surface area contributed by atoms with Crippen molar-refractivity contribution in [2.75, 3.05) is 5.32 Å². The molecule has 170 valence electrons. The molecule has 10 heteroatoms. The Morgan fingerprint density at radius 2 is 2.00 bits per heavy atom. The SMILES string of the molecule is CC[C@H](C)[C@H](N=C1NS(=O)(=O)c2ccccc21)C(=O)Nc1cccc(Oc2cnccn2)c1. The number of anilines is 1. The number of aromatic nitrogens is 2. The minimum Gasteiger partial charge on any atom is -0.437 e. The molecule has 1 aliphatic rings.